The summed E-state index contributed by atoms with van der Waals surface area (Å²) < 4.78 is 46.0. The molecule has 49 heavy (non-hydrogen) atoms. The molecule has 5 aliphatic carbocycles. The van der Waals surface area contributed by atoms with Crippen LogP contribution in [-0.2, 0) is 28.2 Å². The maximum atomic E-state index is 17.2. The van der Waals surface area contributed by atoms with Gasteiger partial charge in [-0.3, -0.25) is 23.8 Å². The zero-order valence-electron chi connectivity index (χ0n) is 28.0. The largest absolute Gasteiger partial charge is 0.527 e. The lowest BCUT2D eigenvalue weighted by Gasteiger charge is -2.62. The Bertz CT molecular complexity index is 1650. The van der Waals surface area contributed by atoms with Gasteiger partial charge in [0.25, 0.3) is 0 Å². The number of Topliss-reactive ketones (excluding diaryl/α,β-unsaturated/α-hetero) is 1. The Morgan fingerprint density at radius 3 is 2.61 bits per heavy atom. The number of fused-ring (bicyclic) bond motifs is 5. The summed E-state index contributed by atoms with van der Waals surface area (Å²) in [6, 6.07) is 5.78. The molecule has 0 spiro atoms. The van der Waals surface area contributed by atoms with E-state index in [2.05, 4.69) is 17.2 Å². The third-order valence-electron chi connectivity index (χ3n) is 11.7. The second-order valence-electron chi connectivity index (χ2n) is 14.6. The Hall–Kier alpha value is -3.13. The van der Waals surface area contributed by atoms with E-state index in [4.69, 9.17) is 13.8 Å². The minimum Gasteiger partial charge on any atom is -0.404 e. The van der Waals surface area contributed by atoms with E-state index in [9.17, 15) is 28.9 Å². The van der Waals surface area contributed by atoms with Crippen LogP contribution in [0.25, 0.3) is 0 Å². The average Bonchev–Trinajstić information content (AvgIpc) is 3.37. The summed E-state index contributed by atoms with van der Waals surface area (Å²) in [6.07, 6.45) is 9.67. The number of anilines is 1. The number of carbonyl (C=O) groups excluding carboxylic acids is 3. The van der Waals surface area contributed by atoms with Crippen LogP contribution in [0, 0.1) is 40.4 Å². The van der Waals surface area contributed by atoms with Gasteiger partial charge in [-0.05, 0) is 106 Å². The molecule has 1 aromatic carbocycles. The Kier molecular flexibility index (Phi) is 10.1. The summed E-state index contributed by atoms with van der Waals surface area (Å²) in [5.74, 6) is 3.86. The van der Waals surface area contributed by atoms with Crippen molar-refractivity contribution in [3.05, 3.63) is 48.1 Å². The van der Waals surface area contributed by atoms with Gasteiger partial charge in [-0.25, -0.2) is 8.96 Å². The van der Waals surface area contributed by atoms with Gasteiger partial charge in [0, 0.05) is 29.4 Å². The molecule has 1 amide bonds. The first kappa shape index (κ1) is 35.7. The highest BCUT2D eigenvalue weighted by Gasteiger charge is 2.70. The van der Waals surface area contributed by atoms with Gasteiger partial charge >= 0.3 is 7.82 Å². The number of rotatable bonds is 10. The van der Waals surface area contributed by atoms with Gasteiger partial charge in [0.15, 0.2) is 17.2 Å². The van der Waals surface area contributed by atoms with Crippen LogP contribution in [0.15, 0.2) is 48.1 Å². The van der Waals surface area contributed by atoms with Crippen molar-refractivity contribution in [1.29, 1.82) is 0 Å². The molecule has 12 heteroatoms. The van der Waals surface area contributed by atoms with Crippen molar-refractivity contribution in [1.82, 2.24) is 0 Å². The van der Waals surface area contributed by atoms with Crippen LogP contribution in [0.2, 0.25) is 0 Å². The van der Waals surface area contributed by atoms with Crippen molar-refractivity contribution in [3.63, 3.8) is 0 Å². The minimum absolute atomic E-state index is 0.00224. The molecule has 264 valence electrons. The molecule has 0 saturated heterocycles. The lowest BCUT2D eigenvalue weighted by atomic mass is 9.45. The number of phosphoric acid groups is 1. The summed E-state index contributed by atoms with van der Waals surface area (Å²) in [5, 5.41) is 14.1. The van der Waals surface area contributed by atoms with E-state index in [1.807, 2.05) is 6.92 Å². The molecule has 0 aromatic heterocycles. The first-order chi connectivity index (χ1) is 23.2. The smallest absolute Gasteiger partial charge is 0.404 e. The SMILES string of the molecule is CC12CC(O)C3(F)C(CCC4=CC(=O)C=CC43C)C1CCC2C(=O)COP(=O)(O)Oc1ccc(NC(=O)COC2C#CCCCCC2)cc1. The number of amides is 1. The molecule has 6 rings (SSSR count). The maximum Gasteiger partial charge on any atom is 0.527 e. The van der Waals surface area contributed by atoms with Crippen LogP contribution in [0.1, 0.15) is 78.1 Å². The lowest BCUT2D eigenvalue weighted by molar-refractivity contribution is -0.195. The normalized spacial score (nSPS) is 36.3. The number of benzene rings is 1. The molecule has 1 aromatic rings. The maximum absolute atomic E-state index is 17.2. The molecule has 3 saturated carbocycles. The van der Waals surface area contributed by atoms with Crippen LogP contribution in [0.4, 0.5) is 10.1 Å². The van der Waals surface area contributed by atoms with Crippen LogP contribution in [0.3, 0.4) is 0 Å². The zero-order valence-corrected chi connectivity index (χ0v) is 28.9. The van der Waals surface area contributed by atoms with Gasteiger partial charge in [-0.1, -0.05) is 30.9 Å². The molecule has 9 unspecified atom stereocenters. The lowest BCUT2D eigenvalue weighted by Crippen LogP contribution is -2.66. The quantitative estimate of drug-likeness (QED) is 0.197. The van der Waals surface area contributed by atoms with E-state index in [0.717, 1.165) is 32.1 Å². The average molecular weight is 698 g/mol. The third kappa shape index (κ3) is 6.96. The van der Waals surface area contributed by atoms with Crippen molar-refractivity contribution in [3.8, 4) is 17.6 Å². The van der Waals surface area contributed by atoms with Gasteiger partial charge in [-0.2, -0.15) is 0 Å². The fraction of sp³-hybridized carbons (Fsp3) is 0.595. The Morgan fingerprint density at radius 1 is 1.06 bits per heavy atom. The van der Waals surface area contributed by atoms with E-state index in [0.29, 0.717) is 36.9 Å². The number of ether oxygens (including phenoxy) is 1. The Balaban J connectivity index is 1.02. The number of carbonyl (C=O) groups is 3. The van der Waals surface area contributed by atoms with E-state index in [-0.39, 0.29) is 42.5 Å². The van der Waals surface area contributed by atoms with Crippen LogP contribution in [-0.4, -0.2) is 58.6 Å². The predicted octanol–water partition coefficient (Wildman–Crippen LogP) is 6.03. The monoisotopic (exact) mass is 697 g/mol. The molecular weight excluding hydrogens is 652 g/mol. The summed E-state index contributed by atoms with van der Waals surface area (Å²) >= 11 is 0. The number of phosphoric ester groups is 1. The van der Waals surface area contributed by atoms with Gasteiger partial charge in [0.05, 0.1) is 6.10 Å². The molecular formula is C37H45FNO9P. The highest BCUT2D eigenvalue weighted by molar-refractivity contribution is 7.47. The number of aliphatic hydroxyl groups is 1. The molecule has 0 aliphatic heterocycles. The van der Waals surface area contributed by atoms with Gasteiger partial charge in [0.1, 0.15) is 25.1 Å². The van der Waals surface area contributed by atoms with Crippen LogP contribution in [0.5, 0.6) is 5.75 Å². The number of ketones is 2. The second kappa shape index (κ2) is 13.9. The number of halogens is 1. The van der Waals surface area contributed by atoms with E-state index < -0.39 is 54.7 Å². The summed E-state index contributed by atoms with van der Waals surface area (Å²) in [7, 11) is -4.71. The summed E-state index contributed by atoms with van der Waals surface area (Å²) in [5.41, 5.74) is -2.72. The molecule has 0 heterocycles. The predicted molar refractivity (Wildman–Crippen MR) is 179 cm³/mol. The fourth-order valence-electron chi connectivity index (χ4n) is 9.22. The van der Waals surface area contributed by atoms with E-state index in [1.165, 1.54) is 36.4 Å². The van der Waals surface area contributed by atoms with Crippen molar-refractivity contribution in [2.45, 2.75) is 95.9 Å². The second-order valence-corrected chi connectivity index (χ2v) is 16.0. The highest BCUT2D eigenvalue weighted by atomic mass is 31.2. The number of nitrogens with one attached hydrogen (secondary N) is 1. The Labute approximate surface area is 286 Å². The van der Waals surface area contributed by atoms with Crippen molar-refractivity contribution < 1.29 is 47.1 Å². The van der Waals surface area contributed by atoms with Gasteiger partial charge in [-0.15, -0.1) is 5.92 Å². The first-order valence-electron chi connectivity index (χ1n) is 17.3. The molecule has 0 bridgehead atoms. The molecule has 0 radical (unpaired) electrons. The standard InChI is InChI=1S/C37H45FNO9P/c1-35-21-33(42)37(38)30(15-10-24-20-26(40)18-19-36(24,37)2)29(35)16-17-31(35)32(41)22-47-49(44,45)48-28-13-11-25(12-14-28)39-34(43)23-46-27-8-6-4-3-5-7-9-27/h11-14,18-20,27,29-31,33,42H,3-6,8,10,15-17,21-23H2,1-2H3,(H,39,43)(H,44,45). The number of hydrogen-bond donors (Lipinski definition) is 3. The number of aliphatic hydroxyl groups excluding tert-OH is 1. The molecule has 9 atom stereocenters. The molecule has 5 aliphatic rings. The molecule has 3 fully saturated rings. The highest BCUT2D eigenvalue weighted by Crippen LogP contribution is 2.69. The minimum atomic E-state index is -4.71. The first-order valence-corrected chi connectivity index (χ1v) is 18.8. The van der Waals surface area contributed by atoms with Gasteiger partial charge in [0.2, 0.25) is 5.91 Å². The van der Waals surface area contributed by atoms with E-state index in [1.54, 1.807) is 13.0 Å². The van der Waals surface area contributed by atoms with Gasteiger partial charge < -0.3 is 19.7 Å². The third-order valence-corrected chi connectivity index (χ3v) is 12.6. The summed E-state index contributed by atoms with van der Waals surface area (Å²) in [4.78, 5) is 48.4. The number of alkyl halides is 1. The number of allylic oxidation sites excluding steroid dienone is 4. The van der Waals surface area contributed by atoms with Crippen molar-refractivity contribution in [2.24, 2.45) is 28.6 Å². The molecule has 3 N–H and O–H groups in total. The van der Waals surface area contributed by atoms with E-state index >= 15 is 4.39 Å². The Morgan fingerprint density at radius 2 is 1.84 bits per heavy atom. The topological polar surface area (TPSA) is 148 Å². The summed E-state index contributed by atoms with van der Waals surface area (Å²) in [6.45, 7) is 2.81. The van der Waals surface area contributed by atoms with Crippen molar-refractivity contribution >= 4 is 31.0 Å². The fourth-order valence-corrected chi connectivity index (χ4v) is 9.95. The zero-order chi connectivity index (χ0) is 35.0. The van der Waals surface area contributed by atoms with Crippen molar-refractivity contribution in [2.75, 3.05) is 18.5 Å². The van der Waals surface area contributed by atoms with Crippen LogP contribution < -0.4 is 9.84 Å². The molecule has 10 nitrogen and oxygen atoms in total. The number of hydrogen-bond acceptors (Lipinski definition) is 8. The van der Waals surface area contributed by atoms with Crippen LogP contribution >= 0.6 is 7.82 Å².